The Balaban J connectivity index is 1.84. The number of benzene rings is 3. The number of amides is 1. The van der Waals surface area contributed by atoms with Gasteiger partial charge in [-0.2, -0.15) is 5.10 Å². The van der Waals surface area contributed by atoms with Crippen molar-refractivity contribution in [3.63, 3.8) is 0 Å². The number of hydrogen-bond donors (Lipinski definition) is 1. The second-order valence-corrected chi connectivity index (χ2v) is 11.0. The molecule has 0 bridgehead atoms. The van der Waals surface area contributed by atoms with Crippen molar-refractivity contribution in [1.82, 2.24) is 5.43 Å². The Kier molecular flexibility index (Phi) is 7.89. The third kappa shape index (κ3) is 6.33. The SMILES string of the molecule is C/C(=N/NC(=O)CN(c1ccc([N+](=O)[O-])cc1)S(=O)(=O)c1ccccc1)c1ccc(C(C)(C)C)cc1. The number of nitro groups is 1. The number of sulfonamides is 1. The van der Waals surface area contributed by atoms with Gasteiger partial charge in [-0.3, -0.25) is 19.2 Å². The van der Waals surface area contributed by atoms with Crippen LogP contribution in [0.1, 0.15) is 38.8 Å². The molecule has 3 aromatic carbocycles. The third-order valence-electron chi connectivity index (χ3n) is 5.48. The second-order valence-electron chi connectivity index (χ2n) is 9.16. The van der Waals surface area contributed by atoms with Crippen molar-refractivity contribution < 1.29 is 18.1 Å². The van der Waals surface area contributed by atoms with Gasteiger partial charge < -0.3 is 0 Å². The molecule has 1 amide bonds. The monoisotopic (exact) mass is 508 g/mol. The number of carbonyl (C=O) groups is 1. The highest BCUT2D eigenvalue weighted by atomic mass is 32.2. The molecule has 0 saturated heterocycles. The lowest BCUT2D eigenvalue weighted by Gasteiger charge is -2.23. The van der Waals surface area contributed by atoms with Crippen LogP contribution in [0.5, 0.6) is 0 Å². The molecule has 0 radical (unpaired) electrons. The van der Waals surface area contributed by atoms with Crippen LogP contribution in [0.15, 0.2) is 88.9 Å². The molecule has 0 fully saturated rings. The molecule has 0 unspecified atom stereocenters. The first-order valence-corrected chi connectivity index (χ1v) is 12.6. The topological polar surface area (TPSA) is 122 Å². The Bertz CT molecular complexity index is 1360. The molecule has 0 atom stereocenters. The Morgan fingerprint density at radius 2 is 1.56 bits per heavy atom. The predicted molar refractivity (Wildman–Crippen MR) is 140 cm³/mol. The highest BCUT2D eigenvalue weighted by Gasteiger charge is 2.27. The van der Waals surface area contributed by atoms with E-state index in [-0.39, 0.29) is 21.7 Å². The smallest absolute Gasteiger partial charge is 0.269 e. The van der Waals surface area contributed by atoms with E-state index in [1.54, 1.807) is 25.1 Å². The highest BCUT2D eigenvalue weighted by molar-refractivity contribution is 7.92. The van der Waals surface area contributed by atoms with Crippen molar-refractivity contribution in [2.45, 2.75) is 38.0 Å². The summed E-state index contributed by atoms with van der Waals surface area (Å²) >= 11 is 0. The second kappa shape index (κ2) is 10.7. The van der Waals surface area contributed by atoms with Gasteiger partial charge in [-0.25, -0.2) is 13.8 Å². The van der Waals surface area contributed by atoms with Crippen molar-refractivity contribution >= 4 is 33.0 Å². The number of nitrogens with zero attached hydrogens (tertiary/aromatic N) is 3. The van der Waals surface area contributed by atoms with Gasteiger partial charge in [0, 0.05) is 12.1 Å². The van der Waals surface area contributed by atoms with Gasteiger partial charge in [-0.15, -0.1) is 0 Å². The van der Waals surface area contributed by atoms with E-state index in [1.165, 1.54) is 36.4 Å². The minimum Gasteiger partial charge on any atom is -0.271 e. The average molecular weight is 509 g/mol. The number of nitro benzene ring substituents is 1. The van der Waals surface area contributed by atoms with Crippen LogP contribution in [0.3, 0.4) is 0 Å². The van der Waals surface area contributed by atoms with Crippen LogP contribution in [0.2, 0.25) is 0 Å². The highest BCUT2D eigenvalue weighted by Crippen LogP contribution is 2.26. The van der Waals surface area contributed by atoms with Crippen molar-refractivity contribution in [2.24, 2.45) is 5.10 Å². The van der Waals surface area contributed by atoms with E-state index in [2.05, 4.69) is 31.3 Å². The first kappa shape index (κ1) is 26.6. The number of non-ortho nitro benzene ring substituents is 1. The number of hydrogen-bond acceptors (Lipinski definition) is 6. The van der Waals surface area contributed by atoms with Crippen LogP contribution in [-0.2, 0) is 20.2 Å². The number of hydrazone groups is 1. The number of rotatable bonds is 8. The zero-order valence-electron chi connectivity index (χ0n) is 20.5. The van der Waals surface area contributed by atoms with E-state index in [0.717, 1.165) is 15.4 Å². The maximum absolute atomic E-state index is 13.3. The van der Waals surface area contributed by atoms with E-state index >= 15 is 0 Å². The predicted octanol–water partition coefficient (Wildman–Crippen LogP) is 4.63. The average Bonchev–Trinajstić information content (AvgIpc) is 2.86. The summed E-state index contributed by atoms with van der Waals surface area (Å²) in [6.07, 6.45) is 0. The lowest BCUT2D eigenvalue weighted by Crippen LogP contribution is -2.39. The zero-order valence-corrected chi connectivity index (χ0v) is 21.3. The summed E-state index contributed by atoms with van der Waals surface area (Å²) in [6, 6.07) is 20.4. The summed E-state index contributed by atoms with van der Waals surface area (Å²) in [5.74, 6) is -0.668. The van der Waals surface area contributed by atoms with E-state index in [0.29, 0.717) is 5.71 Å². The molecule has 0 saturated carbocycles. The minimum atomic E-state index is -4.14. The zero-order chi connectivity index (χ0) is 26.5. The maximum Gasteiger partial charge on any atom is 0.269 e. The summed E-state index contributed by atoms with van der Waals surface area (Å²) in [5, 5.41) is 15.1. The molecule has 1 N–H and O–H groups in total. The molecule has 0 aliphatic carbocycles. The molecule has 0 aliphatic rings. The molecule has 0 spiro atoms. The van der Waals surface area contributed by atoms with E-state index in [4.69, 9.17) is 0 Å². The Labute approximate surface area is 210 Å². The maximum atomic E-state index is 13.3. The summed E-state index contributed by atoms with van der Waals surface area (Å²) in [5.41, 5.74) is 4.86. The fourth-order valence-electron chi connectivity index (χ4n) is 3.36. The van der Waals surface area contributed by atoms with Crippen LogP contribution >= 0.6 is 0 Å². The molecule has 9 nitrogen and oxygen atoms in total. The molecular weight excluding hydrogens is 480 g/mol. The molecule has 188 valence electrons. The van der Waals surface area contributed by atoms with Gasteiger partial charge in [0.05, 0.1) is 21.2 Å². The van der Waals surface area contributed by atoms with Crippen molar-refractivity contribution in [3.05, 3.63) is 100 Å². The summed E-state index contributed by atoms with van der Waals surface area (Å²) in [4.78, 5) is 23.2. The van der Waals surface area contributed by atoms with E-state index in [9.17, 15) is 23.3 Å². The van der Waals surface area contributed by atoms with Crippen LogP contribution in [0.4, 0.5) is 11.4 Å². The van der Waals surface area contributed by atoms with Crippen molar-refractivity contribution in [3.8, 4) is 0 Å². The van der Waals surface area contributed by atoms with Gasteiger partial charge in [-0.05, 0) is 47.7 Å². The summed E-state index contributed by atoms with van der Waals surface area (Å²) in [7, 11) is -4.14. The Hall–Kier alpha value is -4.05. The Morgan fingerprint density at radius 1 is 0.972 bits per heavy atom. The summed E-state index contributed by atoms with van der Waals surface area (Å²) < 4.78 is 27.6. The molecule has 0 aliphatic heterocycles. The molecular formula is C26H28N4O5S. The molecule has 0 aromatic heterocycles. The quantitative estimate of drug-likeness (QED) is 0.270. The largest absolute Gasteiger partial charge is 0.271 e. The molecule has 10 heteroatoms. The van der Waals surface area contributed by atoms with Crippen LogP contribution in [0.25, 0.3) is 0 Å². The number of anilines is 1. The van der Waals surface area contributed by atoms with Crippen molar-refractivity contribution in [1.29, 1.82) is 0 Å². The fraction of sp³-hybridized carbons (Fsp3) is 0.231. The molecule has 36 heavy (non-hydrogen) atoms. The van der Waals surface area contributed by atoms with Gasteiger partial charge in [-0.1, -0.05) is 63.2 Å². The standard InChI is InChI=1S/C26H28N4O5S/c1-19(20-10-12-21(13-11-20)26(2,3)4)27-28-25(31)18-29(22-14-16-23(17-15-22)30(32)33)36(34,35)24-8-6-5-7-9-24/h5-17H,18H2,1-4H3,(H,28,31)/b27-19-. The number of nitrogens with one attached hydrogen (secondary N) is 1. The van der Waals surface area contributed by atoms with Gasteiger partial charge in [0.1, 0.15) is 6.54 Å². The van der Waals surface area contributed by atoms with Crippen LogP contribution < -0.4 is 9.73 Å². The van der Waals surface area contributed by atoms with E-state index < -0.39 is 27.4 Å². The number of carbonyl (C=O) groups excluding carboxylic acids is 1. The van der Waals surface area contributed by atoms with Crippen LogP contribution in [-0.4, -0.2) is 31.5 Å². The fourth-order valence-corrected chi connectivity index (χ4v) is 4.81. The van der Waals surface area contributed by atoms with Gasteiger partial charge in [0.25, 0.3) is 21.6 Å². The lowest BCUT2D eigenvalue weighted by atomic mass is 9.86. The normalized spacial score (nSPS) is 12.2. The van der Waals surface area contributed by atoms with Gasteiger partial charge in [0.2, 0.25) is 0 Å². The van der Waals surface area contributed by atoms with Gasteiger partial charge in [0.15, 0.2) is 0 Å². The minimum absolute atomic E-state index is 0.00334. The van der Waals surface area contributed by atoms with E-state index in [1.807, 2.05) is 24.3 Å². The Morgan fingerprint density at radius 3 is 2.08 bits per heavy atom. The molecule has 0 heterocycles. The molecule has 3 aromatic rings. The van der Waals surface area contributed by atoms with Crippen molar-refractivity contribution in [2.75, 3.05) is 10.8 Å². The third-order valence-corrected chi connectivity index (χ3v) is 7.27. The first-order valence-electron chi connectivity index (χ1n) is 11.2. The van der Waals surface area contributed by atoms with Gasteiger partial charge >= 0.3 is 0 Å². The first-order chi connectivity index (χ1) is 16.9. The lowest BCUT2D eigenvalue weighted by molar-refractivity contribution is -0.384. The van der Waals surface area contributed by atoms with Crippen LogP contribution in [0, 0.1) is 10.1 Å². The molecule has 3 rings (SSSR count). The summed E-state index contributed by atoms with van der Waals surface area (Å²) in [6.45, 7) is 7.51.